The van der Waals surface area contributed by atoms with Gasteiger partial charge in [-0.2, -0.15) is 0 Å². The molecule has 0 saturated carbocycles. The van der Waals surface area contributed by atoms with Crippen molar-refractivity contribution in [1.29, 1.82) is 0 Å². The quantitative estimate of drug-likeness (QED) is 0.824. The van der Waals surface area contributed by atoms with Gasteiger partial charge in [-0.05, 0) is 35.9 Å². The monoisotopic (exact) mass is 388 g/mol. The average molecular weight is 389 g/mol. The molecule has 27 heavy (non-hydrogen) atoms. The maximum absolute atomic E-state index is 12.5. The topological polar surface area (TPSA) is 67.9 Å². The van der Waals surface area contributed by atoms with E-state index in [1.165, 1.54) is 7.11 Å². The van der Waals surface area contributed by atoms with E-state index in [4.69, 9.17) is 21.1 Å². The van der Waals surface area contributed by atoms with E-state index >= 15 is 0 Å². The van der Waals surface area contributed by atoms with Crippen LogP contribution < -0.4 is 14.8 Å². The summed E-state index contributed by atoms with van der Waals surface area (Å²) in [6, 6.07) is 12.6. The zero-order chi connectivity index (χ0) is 19.4. The van der Waals surface area contributed by atoms with Gasteiger partial charge < -0.3 is 19.7 Å². The minimum atomic E-state index is -0.392. The van der Waals surface area contributed by atoms with Crippen molar-refractivity contribution in [1.82, 2.24) is 4.90 Å². The van der Waals surface area contributed by atoms with Gasteiger partial charge in [0.15, 0.2) is 0 Å². The molecule has 6 nitrogen and oxygen atoms in total. The molecule has 1 aliphatic heterocycles. The first-order chi connectivity index (χ1) is 13.0. The van der Waals surface area contributed by atoms with Crippen molar-refractivity contribution < 1.29 is 19.1 Å². The van der Waals surface area contributed by atoms with Crippen molar-refractivity contribution in [3.8, 4) is 11.5 Å². The van der Waals surface area contributed by atoms with Crippen molar-refractivity contribution in [3.63, 3.8) is 0 Å². The first-order valence-electron chi connectivity index (χ1n) is 8.55. The van der Waals surface area contributed by atoms with Crippen molar-refractivity contribution in [2.45, 2.75) is 13.0 Å². The molecule has 142 valence electrons. The van der Waals surface area contributed by atoms with Gasteiger partial charge >= 0.3 is 0 Å². The minimum Gasteiger partial charge on any atom is -0.497 e. The number of halogens is 1. The summed E-state index contributed by atoms with van der Waals surface area (Å²) < 4.78 is 10.2. The third-order valence-corrected chi connectivity index (χ3v) is 4.83. The lowest BCUT2D eigenvalue weighted by molar-refractivity contribution is -0.128. The van der Waals surface area contributed by atoms with Crippen molar-refractivity contribution in [2.24, 2.45) is 5.92 Å². The number of carbonyl (C=O) groups excluding carboxylic acids is 2. The number of nitrogens with zero attached hydrogens (tertiary/aromatic N) is 1. The molecule has 1 unspecified atom stereocenters. The summed E-state index contributed by atoms with van der Waals surface area (Å²) in [5, 5.41) is 3.24. The van der Waals surface area contributed by atoms with Crippen LogP contribution in [0.5, 0.6) is 11.5 Å². The fourth-order valence-electron chi connectivity index (χ4n) is 3.04. The Kier molecular flexibility index (Phi) is 5.86. The molecule has 1 fully saturated rings. The van der Waals surface area contributed by atoms with E-state index in [0.717, 1.165) is 11.3 Å². The van der Waals surface area contributed by atoms with E-state index in [-0.39, 0.29) is 18.2 Å². The molecule has 1 aliphatic rings. The molecule has 0 aromatic heterocycles. The Balaban J connectivity index is 1.60. The molecule has 1 atom stereocenters. The number of hydrogen-bond acceptors (Lipinski definition) is 4. The van der Waals surface area contributed by atoms with Crippen LogP contribution in [0.25, 0.3) is 0 Å². The predicted octanol–water partition coefficient (Wildman–Crippen LogP) is 3.34. The normalized spacial score (nSPS) is 16.3. The van der Waals surface area contributed by atoms with Crippen LogP contribution in [-0.2, 0) is 16.1 Å². The molecular weight excluding hydrogens is 368 g/mol. The van der Waals surface area contributed by atoms with Gasteiger partial charge in [-0.25, -0.2) is 0 Å². The minimum absolute atomic E-state index is 0.0290. The number of carbonyl (C=O) groups is 2. The fraction of sp³-hybridized carbons (Fsp3) is 0.300. The molecule has 1 N–H and O–H groups in total. The fourth-order valence-corrected chi connectivity index (χ4v) is 3.30. The molecule has 0 spiro atoms. The first-order valence-corrected chi connectivity index (χ1v) is 8.93. The van der Waals surface area contributed by atoms with E-state index < -0.39 is 5.92 Å². The number of hydrogen-bond donors (Lipinski definition) is 1. The van der Waals surface area contributed by atoms with Gasteiger partial charge in [0, 0.05) is 25.2 Å². The van der Waals surface area contributed by atoms with Crippen LogP contribution in [0.1, 0.15) is 12.0 Å². The Morgan fingerprint density at radius 3 is 2.56 bits per heavy atom. The molecule has 2 aromatic rings. The van der Waals surface area contributed by atoms with Gasteiger partial charge in [0.25, 0.3) is 0 Å². The van der Waals surface area contributed by atoms with Gasteiger partial charge in [0.1, 0.15) is 11.5 Å². The Labute approximate surface area is 163 Å². The number of anilines is 1. The molecule has 0 bridgehead atoms. The number of nitrogens with one attached hydrogen (secondary N) is 1. The molecule has 2 aromatic carbocycles. The number of rotatable bonds is 6. The smallest absolute Gasteiger partial charge is 0.229 e. The summed E-state index contributed by atoms with van der Waals surface area (Å²) in [5.74, 6) is 0.690. The number of benzene rings is 2. The lowest BCUT2D eigenvalue weighted by atomic mass is 10.1. The SMILES string of the molecule is COc1ccc(CN2CC(C(=O)Nc3ccc(OC)c(Cl)c3)CC2=O)cc1. The standard InChI is InChI=1S/C20H21ClN2O4/c1-26-16-6-3-13(4-7-16)11-23-12-14(9-19(23)24)20(25)22-15-5-8-18(27-2)17(21)10-15/h3-8,10,14H,9,11-12H2,1-2H3,(H,22,25). The number of methoxy groups -OCH3 is 2. The summed E-state index contributed by atoms with van der Waals surface area (Å²) >= 11 is 6.08. The van der Waals surface area contributed by atoms with Gasteiger partial charge in [0.05, 0.1) is 25.2 Å². The van der Waals surface area contributed by atoms with E-state index in [1.54, 1.807) is 30.2 Å². The molecule has 2 amide bonds. The van der Waals surface area contributed by atoms with Crippen molar-refractivity contribution >= 4 is 29.1 Å². The molecule has 3 rings (SSSR count). The summed E-state index contributed by atoms with van der Waals surface area (Å²) in [5.41, 5.74) is 1.57. The Morgan fingerprint density at radius 2 is 1.93 bits per heavy atom. The molecule has 7 heteroatoms. The van der Waals surface area contributed by atoms with Crippen molar-refractivity contribution in [2.75, 3.05) is 26.1 Å². The highest BCUT2D eigenvalue weighted by Gasteiger charge is 2.34. The largest absolute Gasteiger partial charge is 0.497 e. The molecule has 1 saturated heterocycles. The van der Waals surface area contributed by atoms with Crippen LogP contribution >= 0.6 is 11.6 Å². The number of ether oxygens (including phenoxy) is 2. The van der Waals surface area contributed by atoms with Gasteiger partial charge in [0.2, 0.25) is 11.8 Å². The Bertz CT molecular complexity index is 838. The van der Waals surface area contributed by atoms with E-state index in [0.29, 0.717) is 29.5 Å². The van der Waals surface area contributed by atoms with Crippen LogP contribution in [0.15, 0.2) is 42.5 Å². The zero-order valence-corrected chi connectivity index (χ0v) is 16.0. The number of likely N-dealkylation sites (tertiary alicyclic amines) is 1. The zero-order valence-electron chi connectivity index (χ0n) is 15.2. The highest BCUT2D eigenvalue weighted by Crippen LogP contribution is 2.28. The van der Waals surface area contributed by atoms with E-state index in [2.05, 4.69) is 5.32 Å². The third kappa shape index (κ3) is 4.52. The first kappa shape index (κ1) is 19.0. The van der Waals surface area contributed by atoms with E-state index in [9.17, 15) is 9.59 Å². The van der Waals surface area contributed by atoms with Crippen LogP contribution in [0.2, 0.25) is 5.02 Å². The summed E-state index contributed by atoms with van der Waals surface area (Å²) in [7, 11) is 3.14. The second-order valence-corrected chi connectivity index (χ2v) is 6.77. The van der Waals surface area contributed by atoms with Gasteiger partial charge in [-0.3, -0.25) is 9.59 Å². The lowest BCUT2D eigenvalue weighted by Crippen LogP contribution is -2.28. The highest BCUT2D eigenvalue weighted by molar-refractivity contribution is 6.32. The maximum atomic E-state index is 12.5. The van der Waals surface area contributed by atoms with Crippen LogP contribution in [0.4, 0.5) is 5.69 Å². The summed E-state index contributed by atoms with van der Waals surface area (Å²) in [6.07, 6.45) is 0.200. The Morgan fingerprint density at radius 1 is 1.19 bits per heavy atom. The lowest BCUT2D eigenvalue weighted by Gasteiger charge is -2.17. The van der Waals surface area contributed by atoms with Crippen molar-refractivity contribution in [3.05, 3.63) is 53.1 Å². The average Bonchev–Trinajstić information content (AvgIpc) is 3.03. The highest BCUT2D eigenvalue weighted by atomic mass is 35.5. The van der Waals surface area contributed by atoms with Crippen LogP contribution in [0.3, 0.4) is 0 Å². The van der Waals surface area contributed by atoms with E-state index in [1.807, 2.05) is 24.3 Å². The predicted molar refractivity (Wildman–Crippen MR) is 103 cm³/mol. The van der Waals surface area contributed by atoms with Crippen LogP contribution in [0, 0.1) is 5.92 Å². The summed E-state index contributed by atoms with van der Waals surface area (Å²) in [4.78, 5) is 26.5. The second-order valence-electron chi connectivity index (χ2n) is 6.36. The molecule has 0 radical (unpaired) electrons. The maximum Gasteiger partial charge on any atom is 0.229 e. The van der Waals surface area contributed by atoms with Gasteiger partial charge in [-0.1, -0.05) is 23.7 Å². The van der Waals surface area contributed by atoms with Gasteiger partial charge in [-0.15, -0.1) is 0 Å². The Hall–Kier alpha value is -2.73. The molecule has 1 heterocycles. The molecular formula is C20H21ClN2O4. The van der Waals surface area contributed by atoms with Crippen LogP contribution in [-0.4, -0.2) is 37.5 Å². The summed E-state index contributed by atoms with van der Waals surface area (Å²) in [6.45, 7) is 0.863. The second kappa shape index (κ2) is 8.31. The molecule has 0 aliphatic carbocycles. The number of amides is 2. The third-order valence-electron chi connectivity index (χ3n) is 4.54.